The SMILES string of the molecule is CCCC(COc1cc(F)ccc1F)NCC. The van der Waals surface area contributed by atoms with Crippen molar-refractivity contribution in [2.45, 2.75) is 32.7 Å². The van der Waals surface area contributed by atoms with E-state index >= 15 is 0 Å². The molecular formula is C13H19F2NO. The molecule has 0 heterocycles. The molecule has 0 spiro atoms. The minimum atomic E-state index is -0.529. The summed E-state index contributed by atoms with van der Waals surface area (Å²) in [7, 11) is 0. The van der Waals surface area contributed by atoms with Crippen LogP contribution in [-0.2, 0) is 0 Å². The van der Waals surface area contributed by atoms with E-state index in [-0.39, 0.29) is 11.8 Å². The number of hydrogen-bond donors (Lipinski definition) is 1. The molecule has 0 saturated carbocycles. The number of rotatable bonds is 7. The lowest BCUT2D eigenvalue weighted by Crippen LogP contribution is -2.34. The smallest absolute Gasteiger partial charge is 0.165 e. The molecule has 4 heteroatoms. The van der Waals surface area contributed by atoms with Crippen LogP contribution in [0.4, 0.5) is 8.78 Å². The van der Waals surface area contributed by atoms with Crippen LogP contribution in [0.25, 0.3) is 0 Å². The third-order valence-electron chi connectivity index (χ3n) is 2.46. The summed E-state index contributed by atoms with van der Waals surface area (Å²) >= 11 is 0. The Hall–Kier alpha value is -1.16. The molecule has 0 aliphatic rings. The van der Waals surface area contributed by atoms with Gasteiger partial charge in [0.2, 0.25) is 0 Å². The fourth-order valence-electron chi connectivity index (χ4n) is 1.66. The lowest BCUT2D eigenvalue weighted by atomic mass is 10.2. The Labute approximate surface area is 101 Å². The normalized spacial score (nSPS) is 12.5. The van der Waals surface area contributed by atoms with Crippen molar-refractivity contribution in [1.29, 1.82) is 0 Å². The first kappa shape index (κ1) is 13.9. The van der Waals surface area contributed by atoms with E-state index in [1.807, 2.05) is 6.92 Å². The second-order valence-electron chi connectivity index (χ2n) is 3.93. The number of ether oxygens (including phenoxy) is 1. The van der Waals surface area contributed by atoms with Crippen LogP contribution in [-0.4, -0.2) is 19.2 Å². The fourth-order valence-corrected chi connectivity index (χ4v) is 1.66. The minimum Gasteiger partial charge on any atom is -0.489 e. The van der Waals surface area contributed by atoms with Gasteiger partial charge in [0.05, 0.1) is 0 Å². The van der Waals surface area contributed by atoms with Crippen LogP contribution >= 0.6 is 0 Å². The summed E-state index contributed by atoms with van der Waals surface area (Å²) in [6.45, 7) is 5.26. The first-order chi connectivity index (χ1) is 8.17. The predicted octanol–water partition coefficient (Wildman–Crippen LogP) is 3.12. The van der Waals surface area contributed by atoms with Crippen molar-refractivity contribution in [1.82, 2.24) is 5.32 Å². The Kier molecular flexibility index (Phi) is 5.91. The monoisotopic (exact) mass is 243 g/mol. The summed E-state index contributed by atoms with van der Waals surface area (Å²) < 4.78 is 31.5. The van der Waals surface area contributed by atoms with E-state index in [1.54, 1.807) is 0 Å². The van der Waals surface area contributed by atoms with Crippen molar-refractivity contribution < 1.29 is 13.5 Å². The largest absolute Gasteiger partial charge is 0.489 e. The molecule has 1 N–H and O–H groups in total. The molecule has 0 aromatic heterocycles. The zero-order valence-electron chi connectivity index (χ0n) is 10.3. The topological polar surface area (TPSA) is 21.3 Å². The van der Waals surface area contributed by atoms with Gasteiger partial charge in [-0.2, -0.15) is 0 Å². The van der Waals surface area contributed by atoms with Crippen LogP contribution in [0.2, 0.25) is 0 Å². The van der Waals surface area contributed by atoms with E-state index < -0.39 is 11.6 Å². The summed E-state index contributed by atoms with van der Waals surface area (Å²) in [5.74, 6) is -1.04. The molecule has 0 bridgehead atoms. The Morgan fingerprint density at radius 2 is 2.06 bits per heavy atom. The molecular weight excluding hydrogens is 224 g/mol. The second-order valence-corrected chi connectivity index (χ2v) is 3.93. The molecule has 17 heavy (non-hydrogen) atoms. The molecule has 1 unspecified atom stereocenters. The first-order valence-corrected chi connectivity index (χ1v) is 5.98. The van der Waals surface area contributed by atoms with Gasteiger partial charge in [0.15, 0.2) is 11.6 Å². The molecule has 1 rings (SSSR count). The molecule has 0 fully saturated rings. The molecule has 96 valence electrons. The lowest BCUT2D eigenvalue weighted by molar-refractivity contribution is 0.247. The maximum atomic E-state index is 13.3. The molecule has 0 aliphatic heterocycles. The van der Waals surface area contributed by atoms with Gasteiger partial charge in [0.1, 0.15) is 12.4 Å². The van der Waals surface area contributed by atoms with Crippen LogP contribution in [0, 0.1) is 11.6 Å². The Bertz CT molecular complexity index is 338. The predicted molar refractivity (Wildman–Crippen MR) is 64.2 cm³/mol. The van der Waals surface area contributed by atoms with Gasteiger partial charge >= 0.3 is 0 Å². The highest BCUT2D eigenvalue weighted by Crippen LogP contribution is 2.18. The third kappa shape index (κ3) is 4.69. The van der Waals surface area contributed by atoms with Crippen LogP contribution in [0.5, 0.6) is 5.75 Å². The summed E-state index contributed by atoms with van der Waals surface area (Å²) in [4.78, 5) is 0. The standard InChI is InChI=1S/C13H19F2NO/c1-3-5-11(16-4-2)9-17-13-8-10(14)6-7-12(13)15/h6-8,11,16H,3-5,9H2,1-2H3. The summed E-state index contributed by atoms with van der Waals surface area (Å²) in [6, 6.07) is 3.40. The van der Waals surface area contributed by atoms with Gasteiger partial charge < -0.3 is 10.1 Å². The van der Waals surface area contributed by atoms with E-state index in [4.69, 9.17) is 4.74 Å². The molecule has 0 saturated heterocycles. The Morgan fingerprint density at radius 1 is 1.29 bits per heavy atom. The van der Waals surface area contributed by atoms with Crippen LogP contribution < -0.4 is 10.1 Å². The van der Waals surface area contributed by atoms with Gasteiger partial charge in [-0.3, -0.25) is 0 Å². The van der Waals surface area contributed by atoms with Gasteiger partial charge in [0.25, 0.3) is 0 Å². The van der Waals surface area contributed by atoms with Crippen molar-refractivity contribution in [3.63, 3.8) is 0 Å². The van der Waals surface area contributed by atoms with E-state index in [0.717, 1.165) is 37.6 Å². The van der Waals surface area contributed by atoms with Gasteiger partial charge in [-0.05, 0) is 25.1 Å². The van der Waals surface area contributed by atoms with E-state index in [2.05, 4.69) is 12.2 Å². The highest BCUT2D eigenvalue weighted by Gasteiger charge is 2.10. The van der Waals surface area contributed by atoms with Crippen LogP contribution in [0.3, 0.4) is 0 Å². The third-order valence-corrected chi connectivity index (χ3v) is 2.46. The van der Waals surface area contributed by atoms with E-state index in [1.165, 1.54) is 0 Å². The van der Waals surface area contributed by atoms with Gasteiger partial charge in [-0.15, -0.1) is 0 Å². The second kappa shape index (κ2) is 7.22. The van der Waals surface area contributed by atoms with Crippen molar-refractivity contribution in [2.75, 3.05) is 13.2 Å². The van der Waals surface area contributed by atoms with E-state index in [9.17, 15) is 8.78 Å². The minimum absolute atomic E-state index is 0.0241. The molecule has 0 aliphatic carbocycles. The summed E-state index contributed by atoms with van der Waals surface area (Å²) in [5.41, 5.74) is 0. The highest BCUT2D eigenvalue weighted by molar-refractivity contribution is 5.24. The van der Waals surface area contributed by atoms with Gasteiger partial charge in [-0.1, -0.05) is 20.3 Å². The maximum Gasteiger partial charge on any atom is 0.165 e. The Morgan fingerprint density at radius 3 is 2.71 bits per heavy atom. The van der Waals surface area contributed by atoms with Crippen LogP contribution in [0.15, 0.2) is 18.2 Å². The molecule has 0 radical (unpaired) electrons. The molecule has 2 nitrogen and oxygen atoms in total. The molecule has 0 amide bonds. The quantitative estimate of drug-likeness (QED) is 0.794. The highest BCUT2D eigenvalue weighted by atomic mass is 19.1. The van der Waals surface area contributed by atoms with Crippen molar-refractivity contribution >= 4 is 0 Å². The number of benzene rings is 1. The lowest BCUT2D eigenvalue weighted by Gasteiger charge is -2.18. The van der Waals surface area contributed by atoms with Crippen LogP contribution in [0.1, 0.15) is 26.7 Å². The molecule has 1 aromatic carbocycles. The number of halogens is 2. The average Bonchev–Trinajstić information content (AvgIpc) is 2.30. The zero-order chi connectivity index (χ0) is 12.7. The zero-order valence-corrected chi connectivity index (χ0v) is 10.3. The van der Waals surface area contributed by atoms with Gasteiger partial charge in [-0.25, -0.2) is 8.78 Å². The van der Waals surface area contributed by atoms with Gasteiger partial charge in [0, 0.05) is 12.1 Å². The average molecular weight is 243 g/mol. The first-order valence-electron chi connectivity index (χ1n) is 5.98. The number of nitrogens with one attached hydrogen (secondary N) is 1. The number of hydrogen-bond acceptors (Lipinski definition) is 2. The van der Waals surface area contributed by atoms with Crippen molar-refractivity contribution in [3.05, 3.63) is 29.8 Å². The fraction of sp³-hybridized carbons (Fsp3) is 0.538. The Balaban J connectivity index is 2.55. The van der Waals surface area contributed by atoms with E-state index in [0.29, 0.717) is 6.61 Å². The van der Waals surface area contributed by atoms with Crippen molar-refractivity contribution in [2.24, 2.45) is 0 Å². The van der Waals surface area contributed by atoms with Crippen molar-refractivity contribution in [3.8, 4) is 5.75 Å². The number of likely N-dealkylation sites (N-methyl/N-ethyl adjacent to an activating group) is 1. The summed E-state index contributed by atoms with van der Waals surface area (Å²) in [5, 5.41) is 3.25. The maximum absolute atomic E-state index is 13.3. The molecule has 1 aromatic rings. The molecule has 1 atom stereocenters. The summed E-state index contributed by atoms with van der Waals surface area (Å²) in [6.07, 6.45) is 1.97.